The van der Waals surface area contributed by atoms with Crippen molar-refractivity contribution in [2.24, 2.45) is 0 Å². The molecule has 0 spiro atoms. The predicted octanol–water partition coefficient (Wildman–Crippen LogP) is 1.06. The summed E-state index contributed by atoms with van der Waals surface area (Å²) in [6.45, 7) is 8.64. The molecule has 1 rings (SSSR count). The zero-order valence-corrected chi connectivity index (χ0v) is 10.7. The van der Waals surface area contributed by atoms with E-state index in [9.17, 15) is 4.79 Å². The third kappa shape index (κ3) is 4.10. The topological polar surface area (TPSA) is 50.4 Å². The number of rotatable bonds is 6. The lowest BCUT2D eigenvalue weighted by molar-refractivity contribution is -0.124. The Hall–Kier alpha value is -0.610. The van der Waals surface area contributed by atoms with E-state index in [1.54, 1.807) is 0 Å². The van der Waals surface area contributed by atoms with Crippen LogP contribution in [-0.4, -0.2) is 36.7 Å². The molecule has 1 aliphatic rings. The fourth-order valence-corrected chi connectivity index (χ4v) is 1.91. The molecule has 4 heteroatoms. The van der Waals surface area contributed by atoms with Crippen molar-refractivity contribution in [3.8, 4) is 0 Å². The van der Waals surface area contributed by atoms with Gasteiger partial charge >= 0.3 is 0 Å². The van der Waals surface area contributed by atoms with Crippen molar-refractivity contribution < 1.29 is 9.53 Å². The summed E-state index contributed by atoms with van der Waals surface area (Å²) in [4.78, 5) is 11.6. The summed E-state index contributed by atoms with van der Waals surface area (Å²) < 4.78 is 5.47. The summed E-state index contributed by atoms with van der Waals surface area (Å²) in [5, 5.41) is 6.22. The van der Waals surface area contributed by atoms with Gasteiger partial charge in [0, 0.05) is 18.7 Å². The van der Waals surface area contributed by atoms with Gasteiger partial charge in [-0.15, -0.1) is 0 Å². The Morgan fingerprint density at radius 1 is 1.38 bits per heavy atom. The third-order valence-electron chi connectivity index (χ3n) is 2.81. The monoisotopic (exact) mass is 228 g/mol. The first-order valence-corrected chi connectivity index (χ1v) is 6.21. The molecule has 0 aromatic carbocycles. The molecule has 1 fully saturated rings. The second-order valence-corrected chi connectivity index (χ2v) is 4.80. The highest BCUT2D eigenvalue weighted by atomic mass is 16.5. The molecule has 0 radical (unpaired) electrons. The molecule has 4 nitrogen and oxygen atoms in total. The van der Waals surface area contributed by atoms with Crippen LogP contribution >= 0.6 is 0 Å². The summed E-state index contributed by atoms with van der Waals surface area (Å²) in [5.74, 6) is 0.0786. The molecular weight excluding hydrogens is 204 g/mol. The van der Waals surface area contributed by atoms with Crippen molar-refractivity contribution in [3.63, 3.8) is 0 Å². The van der Waals surface area contributed by atoms with Crippen molar-refractivity contribution in [1.82, 2.24) is 10.6 Å². The minimum atomic E-state index is -0.116. The van der Waals surface area contributed by atoms with Gasteiger partial charge in [-0.3, -0.25) is 4.79 Å². The Balaban J connectivity index is 2.16. The first-order valence-electron chi connectivity index (χ1n) is 6.21. The van der Waals surface area contributed by atoms with Gasteiger partial charge in [0.2, 0.25) is 5.91 Å². The van der Waals surface area contributed by atoms with E-state index in [2.05, 4.69) is 10.6 Å². The zero-order chi connectivity index (χ0) is 12.1. The number of hydrogen-bond donors (Lipinski definition) is 2. The number of carbonyl (C=O) groups is 1. The van der Waals surface area contributed by atoms with Gasteiger partial charge in [0.1, 0.15) is 0 Å². The average Bonchev–Trinajstić information content (AvgIpc) is 2.13. The van der Waals surface area contributed by atoms with E-state index >= 15 is 0 Å². The number of nitrogens with one attached hydrogen (secondary N) is 2. The van der Waals surface area contributed by atoms with Gasteiger partial charge < -0.3 is 15.4 Å². The van der Waals surface area contributed by atoms with Gasteiger partial charge in [-0.05, 0) is 40.5 Å². The molecule has 0 bridgehead atoms. The van der Waals surface area contributed by atoms with E-state index in [1.165, 1.54) is 0 Å². The first-order chi connectivity index (χ1) is 7.52. The molecule has 0 aliphatic heterocycles. The molecule has 0 aromatic heterocycles. The molecule has 1 aliphatic carbocycles. The van der Waals surface area contributed by atoms with Crippen molar-refractivity contribution in [2.45, 2.75) is 64.8 Å². The molecule has 94 valence electrons. The van der Waals surface area contributed by atoms with Crippen molar-refractivity contribution >= 4 is 5.91 Å². The number of ether oxygens (including phenoxy) is 1. The lowest BCUT2D eigenvalue weighted by Gasteiger charge is -2.37. The summed E-state index contributed by atoms with van der Waals surface area (Å²) >= 11 is 0. The minimum absolute atomic E-state index is 0.0786. The van der Waals surface area contributed by atoms with Crippen LogP contribution in [0.2, 0.25) is 0 Å². The first kappa shape index (κ1) is 13.5. The summed E-state index contributed by atoms with van der Waals surface area (Å²) in [6.07, 6.45) is 2.43. The van der Waals surface area contributed by atoms with Crippen LogP contribution in [0.3, 0.4) is 0 Å². The van der Waals surface area contributed by atoms with E-state index in [1.807, 2.05) is 27.7 Å². The van der Waals surface area contributed by atoms with Crippen LogP contribution in [0.25, 0.3) is 0 Å². The fraction of sp³-hybridized carbons (Fsp3) is 0.917. The minimum Gasteiger partial charge on any atom is -0.378 e. The fourth-order valence-electron chi connectivity index (χ4n) is 1.91. The predicted molar refractivity (Wildman–Crippen MR) is 64.3 cm³/mol. The molecule has 0 aromatic rings. The summed E-state index contributed by atoms with van der Waals surface area (Å²) in [7, 11) is 0. The Kier molecular flexibility index (Phi) is 5.22. The number of hydrogen-bond acceptors (Lipinski definition) is 3. The standard InChI is InChI=1S/C12H24N2O2/c1-5-16-11-6-10(7-11)14-9(4)12(15)13-8(2)3/h8-11,14H,5-7H2,1-4H3,(H,13,15). The Morgan fingerprint density at radius 2 is 2.00 bits per heavy atom. The Morgan fingerprint density at radius 3 is 2.50 bits per heavy atom. The zero-order valence-electron chi connectivity index (χ0n) is 10.7. The molecule has 1 saturated carbocycles. The normalized spacial score (nSPS) is 26.3. The van der Waals surface area contributed by atoms with Crippen molar-refractivity contribution in [1.29, 1.82) is 0 Å². The van der Waals surface area contributed by atoms with E-state index in [-0.39, 0.29) is 18.0 Å². The van der Waals surface area contributed by atoms with Gasteiger partial charge in [-0.1, -0.05) is 0 Å². The second-order valence-electron chi connectivity index (χ2n) is 4.80. The second kappa shape index (κ2) is 6.21. The Labute approximate surface area is 98.1 Å². The Bertz CT molecular complexity index is 225. The quantitative estimate of drug-likeness (QED) is 0.714. The van der Waals surface area contributed by atoms with Crippen molar-refractivity contribution in [3.05, 3.63) is 0 Å². The molecule has 16 heavy (non-hydrogen) atoms. The maximum Gasteiger partial charge on any atom is 0.237 e. The highest BCUT2D eigenvalue weighted by Crippen LogP contribution is 2.23. The maximum atomic E-state index is 11.6. The number of carbonyl (C=O) groups excluding carboxylic acids is 1. The largest absolute Gasteiger partial charge is 0.378 e. The van der Waals surface area contributed by atoms with Crippen LogP contribution in [-0.2, 0) is 9.53 Å². The lowest BCUT2D eigenvalue weighted by atomic mass is 9.88. The smallest absolute Gasteiger partial charge is 0.237 e. The van der Waals surface area contributed by atoms with Crippen LogP contribution in [0.15, 0.2) is 0 Å². The van der Waals surface area contributed by atoms with Gasteiger partial charge in [0.05, 0.1) is 12.1 Å². The molecule has 2 N–H and O–H groups in total. The maximum absolute atomic E-state index is 11.6. The molecule has 1 atom stereocenters. The van der Waals surface area contributed by atoms with Gasteiger partial charge in [0.15, 0.2) is 0 Å². The molecular formula is C12H24N2O2. The number of amides is 1. The molecule has 0 saturated heterocycles. The van der Waals surface area contributed by atoms with Crippen molar-refractivity contribution in [2.75, 3.05) is 6.61 Å². The molecule has 1 amide bonds. The SMILES string of the molecule is CCOC1CC(NC(C)C(=O)NC(C)C)C1. The van der Waals surface area contributed by atoms with E-state index in [0.29, 0.717) is 12.1 Å². The highest BCUT2D eigenvalue weighted by Gasteiger charge is 2.31. The van der Waals surface area contributed by atoms with E-state index < -0.39 is 0 Å². The molecule has 0 heterocycles. The van der Waals surface area contributed by atoms with Gasteiger partial charge in [0.25, 0.3) is 0 Å². The summed E-state index contributed by atoms with van der Waals surface area (Å²) in [5.41, 5.74) is 0. The third-order valence-corrected chi connectivity index (χ3v) is 2.81. The van der Waals surface area contributed by atoms with Crippen LogP contribution in [0.5, 0.6) is 0 Å². The molecule has 1 unspecified atom stereocenters. The van der Waals surface area contributed by atoms with Gasteiger partial charge in [-0.25, -0.2) is 0 Å². The van der Waals surface area contributed by atoms with E-state index in [4.69, 9.17) is 4.74 Å². The van der Waals surface area contributed by atoms with Gasteiger partial charge in [-0.2, -0.15) is 0 Å². The highest BCUT2D eigenvalue weighted by molar-refractivity contribution is 5.81. The van der Waals surface area contributed by atoms with Crippen LogP contribution < -0.4 is 10.6 Å². The van der Waals surface area contributed by atoms with E-state index in [0.717, 1.165) is 19.4 Å². The summed E-state index contributed by atoms with van der Waals surface area (Å²) in [6, 6.07) is 0.522. The average molecular weight is 228 g/mol. The van der Waals surface area contributed by atoms with Crippen LogP contribution in [0, 0.1) is 0 Å². The lowest BCUT2D eigenvalue weighted by Crippen LogP contribution is -2.53. The van der Waals surface area contributed by atoms with Crippen LogP contribution in [0.1, 0.15) is 40.5 Å². The van der Waals surface area contributed by atoms with Crippen LogP contribution in [0.4, 0.5) is 0 Å².